The minimum absolute atomic E-state index is 0.0104. The number of alkyl halides is 3. The maximum atomic E-state index is 12.8. The lowest BCUT2D eigenvalue weighted by atomic mass is 10.4. The van der Waals surface area contributed by atoms with E-state index in [-0.39, 0.29) is 21.6 Å². The van der Waals surface area contributed by atoms with E-state index in [9.17, 15) is 26.0 Å². The second-order valence-electron chi connectivity index (χ2n) is 4.48. The Morgan fingerprint density at radius 2 is 1.78 bits per heavy atom. The summed E-state index contributed by atoms with van der Waals surface area (Å²) in [6.07, 6.45) is -4.62. The maximum Gasteiger partial charge on any atom is 0.451 e. The van der Waals surface area contributed by atoms with Crippen molar-refractivity contribution in [2.24, 2.45) is 7.05 Å². The second kappa shape index (κ2) is 6.48. The number of sulfone groups is 1. The highest BCUT2D eigenvalue weighted by Crippen LogP contribution is 2.29. The summed E-state index contributed by atoms with van der Waals surface area (Å²) in [6, 6.07) is 4.33. The first-order chi connectivity index (χ1) is 10.6. The number of thioether (sulfide) groups is 1. The number of hydrogen-bond donors (Lipinski definition) is 0. The summed E-state index contributed by atoms with van der Waals surface area (Å²) in [5.41, 5.74) is 0. The van der Waals surface area contributed by atoms with Gasteiger partial charge in [0.1, 0.15) is 5.82 Å². The molecule has 0 spiro atoms. The Hall–Kier alpha value is -1.62. The molecule has 0 aliphatic heterocycles. The van der Waals surface area contributed by atoms with Crippen LogP contribution in [0.4, 0.5) is 17.6 Å². The Labute approximate surface area is 133 Å². The molecule has 0 amide bonds. The first kappa shape index (κ1) is 17.7. The Kier molecular flexibility index (Phi) is 4.99. The number of aromatic nitrogens is 3. The van der Waals surface area contributed by atoms with Gasteiger partial charge in [-0.05, 0) is 24.3 Å². The van der Waals surface area contributed by atoms with Crippen LogP contribution in [0.15, 0.2) is 34.3 Å². The van der Waals surface area contributed by atoms with Crippen molar-refractivity contribution in [1.82, 2.24) is 14.8 Å². The molecule has 5 nitrogen and oxygen atoms in total. The van der Waals surface area contributed by atoms with Gasteiger partial charge in [-0.2, -0.15) is 13.2 Å². The Bertz CT molecular complexity index is 786. The monoisotopic (exact) mass is 369 g/mol. The standard InChI is InChI=1S/C12H11F4N3O2S2/c1-19-10(12(14,15)16)17-18-11(19)22-6-7-23(20,21)9-4-2-8(13)3-5-9/h2-5H,6-7H2,1H3. The van der Waals surface area contributed by atoms with Crippen molar-refractivity contribution in [2.75, 3.05) is 11.5 Å². The SMILES string of the molecule is Cn1c(SCCS(=O)(=O)c2ccc(F)cc2)nnc1C(F)(F)F. The van der Waals surface area contributed by atoms with Crippen LogP contribution in [-0.2, 0) is 23.1 Å². The molecule has 23 heavy (non-hydrogen) atoms. The van der Waals surface area contributed by atoms with Crippen molar-refractivity contribution in [3.8, 4) is 0 Å². The third-order valence-electron chi connectivity index (χ3n) is 2.84. The molecule has 2 rings (SSSR count). The number of nitrogens with zero attached hydrogens (tertiary/aromatic N) is 3. The Morgan fingerprint density at radius 1 is 1.17 bits per heavy atom. The molecule has 2 aromatic rings. The zero-order valence-electron chi connectivity index (χ0n) is 11.7. The van der Waals surface area contributed by atoms with Gasteiger partial charge in [0.2, 0.25) is 5.82 Å². The van der Waals surface area contributed by atoms with Gasteiger partial charge in [0.15, 0.2) is 15.0 Å². The quantitative estimate of drug-likeness (QED) is 0.460. The molecule has 1 heterocycles. The average molecular weight is 369 g/mol. The Morgan fingerprint density at radius 3 is 2.30 bits per heavy atom. The third kappa shape index (κ3) is 4.22. The zero-order valence-corrected chi connectivity index (χ0v) is 13.3. The molecule has 11 heteroatoms. The fourth-order valence-electron chi connectivity index (χ4n) is 1.69. The van der Waals surface area contributed by atoms with Crippen molar-refractivity contribution in [3.05, 3.63) is 35.9 Å². The number of halogens is 4. The van der Waals surface area contributed by atoms with Gasteiger partial charge in [0.25, 0.3) is 0 Å². The van der Waals surface area contributed by atoms with Crippen molar-refractivity contribution >= 4 is 21.6 Å². The van der Waals surface area contributed by atoms with Crippen LogP contribution in [0.5, 0.6) is 0 Å². The van der Waals surface area contributed by atoms with Crippen LogP contribution >= 0.6 is 11.8 Å². The molecule has 1 aromatic heterocycles. The maximum absolute atomic E-state index is 12.8. The largest absolute Gasteiger partial charge is 0.451 e. The molecule has 0 aliphatic rings. The van der Waals surface area contributed by atoms with Gasteiger partial charge >= 0.3 is 6.18 Å². The van der Waals surface area contributed by atoms with E-state index in [1.807, 2.05) is 0 Å². The van der Waals surface area contributed by atoms with Crippen molar-refractivity contribution in [1.29, 1.82) is 0 Å². The van der Waals surface area contributed by atoms with Gasteiger partial charge in [-0.3, -0.25) is 0 Å². The molecule has 0 saturated carbocycles. The molecule has 126 valence electrons. The smallest absolute Gasteiger partial charge is 0.302 e. The van der Waals surface area contributed by atoms with Crippen molar-refractivity contribution in [3.63, 3.8) is 0 Å². The van der Waals surface area contributed by atoms with Gasteiger partial charge in [-0.25, -0.2) is 12.8 Å². The van der Waals surface area contributed by atoms with Gasteiger partial charge in [-0.1, -0.05) is 11.8 Å². The van der Waals surface area contributed by atoms with E-state index in [1.54, 1.807) is 0 Å². The lowest BCUT2D eigenvalue weighted by Crippen LogP contribution is -2.13. The zero-order chi connectivity index (χ0) is 17.3. The molecule has 0 N–H and O–H groups in total. The summed E-state index contributed by atoms with van der Waals surface area (Å²) in [6.45, 7) is 0. The van der Waals surface area contributed by atoms with E-state index >= 15 is 0 Å². The molecular weight excluding hydrogens is 358 g/mol. The average Bonchev–Trinajstić information content (AvgIpc) is 2.80. The highest BCUT2D eigenvalue weighted by atomic mass is 32.2. The molecular formula is C12H11F4N3O2S2. The highest BCUT2D eigenvalue weighted by Gasteiger charge is 2.37. The number of rotatable bonds is 5. The summed E-state index contributed by atoms with van der Waals surface area (Å²) in [4.78, 5) is -0.0477. The van der Waals surface area contributed by atoms with Gasteiger partial charge < -0.3 is 4.57 Å². The molecule has 0 aliphatic carbocycles. The summed E-state index contributed by atoms with van der Waals surface area (Å²) < 4.78 is 75.3. The van der Waals surface area contributed by atoms with Gasteiger partial charge in [-0.15, -0.1) is 10.2 Å². The Balaban J connectivity index is 2.02. The van der Waals surface area contributed by atoms with Gasteiger partial charge in [0.05, 0.1) is 10.6 Å². The third-order valence-corrected chi connectivity index (χ3v) is 5.86. The van der Waals surface area contributed by atoms with E-state index in [0.717, 1.165) is 47.6 Å². The van der Waals surface area contributed by atoms with E-state index in [2.05, 4.69) is 10.2 Å². The predicted octanol–water partition coefficient (Wildman–Crippen LogP) is 2.54. The molecule has 0 saturated heterocycles. The summed E-state index contributed by atoms with van der Waals surface area (Å²) in [5.74, 6) is -2.04. The lowest BCUT2D eigenvalue weighted by Gasteiger charge is -2.07. The van der Waals surface area contributed by atoms with E-state index in [0.29, 0.717) is 0 Å². The predicted molar refractivity (Wildman–Crippen MR) is 75.2 cm³/mol. The summed E-state index contributed by atoms with van der Waals surface area (Å²) in [5, 5.41) is 6.41. The number of benzene rings is 1. The fourth-order valence-corrected chi connectivity index (χ4v) is 4.25. The molecule has 1 aromatic carbocycles. The van der Waals surface area contributed by atoms with Crippen LogP contribution in [0.1, 0.15) is 5.82 Å². The van der Waals surface area contributed by atoms with Gasteiger partial charge in [0, 0.05) is 12.8 Å². The number of hydrogen-bond acceptors (Lipinski definition) is 5. The highest BCUT2D eigenvalue weighted by molar-refractivity contribution is 8.00. The molecule has 0 atom stereocenters. The van der Waals surface area contributed by atoms with E-state index in [4.69, 9.17) is 0 Å². The van der Waals surface area contributed by atoms with Crippen molar-refractivity contribution in [2.45, 2.75) is 16.2 Å². The minimum Gasteiger partial charge on any atom is -0.302 e. The van der Waals surface area contributed by atoms with E-state index in [1.165, 1.54) is 0 Å². The fraction of sp³-hybridized carbons (Fsp3) is 0.333. The summed E-state index contributed by atoms with van der Waals surface area (Å²) in [7, 11) is -2.50. The second-order valence-corrected chi connectivity index (χ2v) is 7.66. The topological polar surface area (TPSA) is 64.8 Å². The lowest BCUT2D eigenvalue weighted by molar-refractivity contribution is -0.147. The van der Waals surface area contributed by atoms with Crippen LogP contribution in [0, 0.1) is 5.82 Å². The first-order valence-electron chi connectivity index (χ1n) is 6.19. The minimum atomic E-state index is -4.62. The summed E-state index contributed by atoms with van der Waals surface area (Å²) >= 11 is 0.845. The van der Waals surface area contributed by atoms with Crippen LogP contribution in [-0.4, -0.2) is 34.7 Å². The molecule has 0 radical (unpaired) electrons. The van der Waals surface area contributed by atoms with Crippen LogP contribution in [0.3, 0.4) is 0 Å². The van der Waals surface area contributed by atoms with Crippen LogP contribution in [0.25, 0.3) is 0 Å². The van der Waals surface area contributed by atoms with Crippen molar-refractivity contribution < 1.29 is 26.0 Å². The van der Waals surface area contributed by atoms with Crippen LogP contribution in [0.2, 0.25) is 0 Å². The first-order valence-corrected chi connectivity index (χ1v) is 8.83. The normalized spacial score (nSPS) is 12.6. The molecule has 0 bridgehead atoms. The molecule has 0 unspecified atom stereocenters. The van der Waals surface area contributed by atoms with E-state index < -0.39 is 27.7 Å². The van der Waals surface area contributed by atoms with Crippen LogP contribution < -0.4 is 0 Å². The molecule has 0 fully saturated rings.